The van der Waals surface area contributed by atoms with Gasteiger partial charge in [-0.2, -0.15) is 0 Å². The topological polar surface area (TPSA) is 72.2 Å². The lowest BCUT2D eigenvalue weighted by Crippen LogP contribution is -2.13. The number of hydrogen-bond donors (Lipinski definition) is 2. The zero-order valence-corrected chi connectivity index (χ0v) is 16.4. The summed E-state index contributed by atoms with van der Waals surface area (Å²) in [5.41, 5.74) is 6.33. The van der Waals surface area contributed by atoms with Crippen LogP contribution in [0.25, 0.3) is 16.5 Å². The molecule has 3 N–H and O–H groups in total. The molecule has 0 bridgehead atoms. The summed E-state index contributed by atoms with van der Waals surface area (Å²) in [6.07, 6.45) is 3.11. The van der Waals surface area contributed by atoms with Gasteiger partial charge in [-0.3, -0.25) is 9.59 Å². The number of nitrogens with two attached hydrogens (primary N) is 1. The number of thiophene rings is 1. The molecule has 3 aromatic rings. The Balaban J connectivity index is 1.67. The van der Waals surface area contributed by atoms with Crippen LogP contribution in [0.2, 0.25) is 0 Å². The van der Waals surface area contributed by atoms with Gasteiger partial charge in [0.1, 0.15) is 5.82 Å². The molecule has 0 atom stereocenters. The van der Waals surface area contributed by atoms with Crippen LogP contribution in [0, 0.1) is 5.82 Å². The third kappa shape index (κ3) is 5.31. The van der Waals surface area contributed by atoms with Crippen molar-refractivity contribution in [3.8, 4) is 10.4 Å². The van der Waals surface area contributed by atoms with Gasteiger partial charge in [-0.05, 0) is 36.4 Å². The van der Waals surface area contributed by atoms with Crippen LogP contribution in [0.15, 0.2) is 71.6 Å². The number of rotatable bonds is 7. The van der Waals surface area contributed by atoms with Crippen LogP contribution in [-0.4, -0.2) is 17.6 Å². The Hall–Kier alpha value is -2.90. The van der Waals surface area contributed by atoms with Crippen LogP contribution in [0.3, 0.4) is 0 Å². The van der Waals surface area contributed by atoms with Gasteiger partial charge in [0.2, 0.25) is 11.8 Å². The summed E-state index contributed by atoms with van der Waals surface area (Å²) in [4.78, 5) is 25.6. The highest BCUT2D eigenvalue weighted by Crippen LogP contribution is 2.31. The Morgan fingerprint density at radius 1 is 1.07 bits per heavy atom. The fourth-order valence-corrected chi connectivity index (χ4v) is 4.11. The highest BCUT2D eigenvalue weighted by Gasteiger charge is 2.08. The largest absolute Gasteiger partial charge is 0.369 e. The van der Waals surface area contributed by atoms with E-state index in [-0.39, 0.29) is 17.5 Å². The third-order valence-electron chi connectivity index (χ3n) is 3.68. The minimum absolute atomic E-state index is 0.136. The summed E-state index contributed by atoms with van der Waals surface area (Å²) < 4.78 is 13.9. The molecule has 4 nitrogen and oxygen atoms in total. The standard InChI is InChI=1S/C21H17FN2O2S2/c22-16-6-2-1-5-15(16)18-11-9-14(28-18)10-12-21(26)24-17-7-3-4-8-19(17)27-13-20(23)25/h1-12H,13H2,(H2,23,25)(H,24,26)/b12-10+. The molecular formula is C21H17FN2O2S2. The molecule has 0 radical (unpaired) electrons. The van der Waals surface area contributed by atoms with Crippen LogP contribution in [-0.2, 0) is 9.59 Å². The fourth-order valence-electron chi connectivity index (χ4n) is 2.43. The van der Waals surface area contributed by atoms with Gasteiger partial charge in [0, 0.05) is 26.3 Å². The second-order valence-corrected chi connectivity index (χ2v) is 7.89. The van der Waals surface area contributed by atoms with Gasteiger partial charge < -0.3 is 11.1 Å². The van der Waals surface area contributed by atoms with Crippen LogP contribution in [0.1, 0.15) is 4.88 Å². The first-order chi connectivity index (χ1) is 13.5. The molecule has 0 fully saturated rings. The second kappa shape index (κ2) is 9.34. The van der Waals surface area contributed by atoms with Gasteiger partial charge in [-0.25, -0.2) is 4.39 Å². The van der Waals surface area contributed by atoms with Crippen molar-refractivity contribution in [1.29, 1.82) is 0 Å². The minimum Gasteiger partial charge on any atom is -0.369 e. The van der Waals surface area contributed by atoms with Crippen LogP contribution in [0.5, 0.6) is 0 Å². The molecule has 0 aliphatic rings. The first-order valence-corrected chi connectivity index (χ1v) is 10.2. The normalized spacial score (nSPS) is 10.9. The summed E-state index contributed by atoms with van der Waals surface area (Å²) in [7, 11) is 0. The predicted octanol–water partition coefficient (Wildman–Crippen LogP) is 4.78. The van der Waals surface area contributed by atoms with E-state index < -0.39 is 5.91 Å². The van der Waals surface area contributed by atoms with Gasteiger partial charge in [-0.15, -0.1) is 23.1 Å². The molecule has 0 saturated carbocycles. The predicted molar refractivity (Wildman–Crippen MR) is 114 cm³/mol. The highest BCUT2D eigenvalue weighted by atomic mass is 32.2. The van der Waals surface area contributed by atoms with Crippen molar-refractivity contribution in [3.05, 3.63) is 77.4 Å². The molecule has 0 spiro atoms. The summed E-state index contributed by atoms with van der Waals surface area (Å²) in [6.45, 7) is 0. The summed E-state index contributed by atoms with van der Waals surface area (Å²) in [5.74, 6) is -0.860. The molecule has 0 aliphatic carbocycles. The number of thioether (sulfide) groups is 1. The Morgan fingerprint density at radius 2 is 1.82 bits per heavy atom. The Bertz CT molecular complexity index is 1030. The van der Waals surface area contributed by atoms with Gasteiger partial charge >= 0.3 is 0 Å². The molecule has 0 saturated heterocycles. The Kier molecular flexibility index (Phi) is 6.62. The second-order valence-electron chi connectivity index (χ2n) is 5.76. The van der Waals surface area contributed by atoms with Crippen molar-refractivity contribution in [2.24, 2.45) is 5.73 Å². The number of para-hydroxylation sites is 1. The smallest absolute Gasteiger partial charge is 0.248 e. The van der Waals surface area contributed by atoms with E-state index in [1.807, 2.05) is 24.3 Å². The molecule has 2 aromatic carbocycles. The molecule has 0 aliphatic heterocycles. The maximum absolute atomic E-state index is 13.9. The average molecular weight is 413 g/mol. The maximum atomic E-state index is 13.9. The summed E-state index contributed by atoms with van der Waals surface area (Å²) >= 11 is 2.67. The van der Waals surface area contributed by atoms with Gasteiger partial charge in [0.25, 0.3) is 0 Å². The number of nitrogens with one attached hydrogen (secondary N) is 1. The number of hydrogen-bond acceptors (Lipinski definition) is 4. The van der Waals surface area contributed by atoms with Gasteiger partial charge in [-0.1, -0.05) is 30.3 Å². The molecule has 28 heavy (non-hydrogen) atoms. The van der Waals surface area contributed by atoms with E-state index in [1.165, 1.54) is 35.2 Å². The third-order valence-corrected chi connectivity index (χ3v) is 5.86. The number of primary amides is 1. The van der Waals surface area contributed by atoms with Crippen molar-refractivity contribution in [1.82, 2.24) is 0 Å². The lowest BCUT2D eigenvalue weighted by molar-refractivity contribution is -0.115. The first kappa shape index (κ1) is 19.9. The van der Waals surface area contributed by atoms with E-state index in [0.29, 0.717) is 11.3 Å². The summed E-state index contributed by atoms with van der Waals surface area (Å²) in [6, 6.07) is 17.4. The molecule has 1 aromatic heterocycles. The van der Waals surface area contributed by atoms with Crippen molar-refractivity contribution in [3.63, 3.8) is 0 Å². The van der Waals surface area contributed by atoms with Gasteiger partial charge in [0.15, 0.2) is 0 Å². The lowest BCUT2D eigenvalue weighted by Gasteiger charge is -2.08. The van der Waals surface area contributed by atoms with Crippen molar-refractivity contribution < 1.29 is 14.0 Å². The number of anilines is 1. The van der Waals surface area contributed by atoms with E-state index in [4.69, 9.17) is 5.73 Å². The zero-order valence-electron chi connectivity index (χ0n) is 14.7. The maximum Gasteiger partial charge on any atom is 0.248 e. The molecule has 3 rings (SSSR count). The summed E-state index contributed by atoms with van der Waals surface area (Å²) in [5, 5.41) is 2.80. The molecule has 7 heteroatoms. The van der Waals surface area contributed by atoms with E-state index in [0.717, 1.165) is 14.6 Å². The average Bonchev–Trinajstić information content (AvgIpc) is 3.15. The van der Waals surface area contributed by atoms with Crippen LogP contribution < -0.4 is 11.1 Å². The zero-order chi connectivity index (χ0) is 19.9. The minimum atomic E-state index is -0.422. The Labute approximate surface area is 170 Å². The van der Waals surface area contributed by atoms with Crippen molar-refractivity contribution in [2.75, 3.05) is 11.1 Å². The molecular weight excluding hydrogens is 395 g/mol. The molecule has 142 valence electrons. The number of carbonyl (C=O) groups is 2. The Morgan fingerprint density at radius 3 is 2.61 bits per heavy atom. The SMILES string of the molecule is NC(=O)CSc1ccccc1NC(=O)/C=C/c1ccc(-c2ccccc2F)s1. The van der Waals surface area contributed by atoms with E-state index in [2.05, 4.69) is 5.32 Å². The quantitative estimate of drug-likeness (QED) is 0.433. The highest BCUT2D eigenvalue weighted by molar-refractivity contribution is 8.00. The van der Waals surface area contributed by atoms with Crippen molar-refractivity contribution in [2.45, 2.75) is 4.90 Å². The van der Waals surface area contributed by atoms with E-state index in [1.54, 1.807) is 36.4 Å². The monoisotopic (exact) mass is 412 g/mol. The number of halogens is 1. The van der Waals surface area contributed by atoms with Crippen molar-refractivity contribution >= 4 is 46.7 Å². The molecule has 1 heterocycles. The van der Waals surface area contributed by atoms with E-state index in [9.17, 15) is 14.0 Å². The molecule has 0 unspecified atom stereocenters. The first-order valence-electron chi connectivity index (χ1n) is 8.37. The number of amides is 2. The van der Waals surface area contributed by atoms with Crippen LogP contribution >= 0.6 is 23.1 Å². The number of benzene rings is 2. The lowest BCUT2D eigenvalue weighted by atomic mass is 10.2. The van der Waals surface area contributed by atoms with Gasteiger partial charge in [0.05, 0.1) is 11.4 Å². The van der Waals surface area contributed by atoms with Crippen LogP contribution in [0.4, 0.5) is 10.1 Å². The number of carbonyl (C=O) groups excluding carboxylic acids is 2. The molecule has 2 amide bonds. The fraction of sp³-hybridized carbons (Fsp3) is 0.0476. The van der Waals surface area contributed by atoms with E-state index >= 15 is 0 Å².